The minimum Gasteiger partial charge on any atom is -0.441 e. The number of carbonyl (C=O) groups is 1. The molecule has 0 saturated heterocycles. The molecule has 0 heterocycles. The topological polar surface area (TPSA) is 43.4 Å². The fraction of sp³-hybridized carbons (Fsp3) is 0.625. The Morgan fingerprint density at radius 1 is 1.50 bits per heavy atom. The Balaban J connectivity index is 4.43. The van der Waals surface area contributed by atoms with E-state index in [0.717, 1.165) is 0 Å². The first-order valence-corrected chi connectivity index (χ1v) is 6.05. The Hall–Kier alpha value is -0.740. The highest BCUT2D eigenvalue weighted by molar-refractivity contribution is 7.78. The van der Waals surface area contributed by atoms with Crippen molar-refractivity contribution in [1.82, 2.24) is 0 Å². The molecule has 0 aliphatic heterocycles. The van der Waals surface area contributed by atoms with Gasteiger partial charge in [0, 0.05) is 0 Å². The molecule has 0 unspecified atom stereocenters. The maximum Gasteiger partial charge on any atom is 0.365 e. The number of rotatable bonds is 2. The van der Waals surface area contributed by atoms with Gasteiger partial charge in [0.2, 0.25) is 0 Å². The van der Waals surface area contributed by atoms with Gasteiger partial charge in [-0.15, -0.1) is 6.42 Å². The lowest BCUT2D eigenvalue weighted by Crippen LogP contribution is -2.24. The van der Waals surface area contributed by atoms with Crippen molar-refractivity contribution in [2.45, 2.75) is 19.4 Å². The van der Waals surface area contributed by atoms with E-state index < -0.39 is 18.5 Å². The summed E-state index contributed by atoms with van der Waals surface area (Å²) in [7, 11) is -2.82. The highest BCUT2D eigenvalue weighted by atomic mass is 31.2. The third-order valence-corrected chi connectivity index (χ3v) is 2.10. The van der Waals surface area contributed by atoms with Crippen LogP contribution in [-0.4, -0.2) is 24.6 Å². The average molecular weight is 188 g/mol. The van der Waals surface area contributed by atoms with Gasteiger partial charge in [-0.05, 0) is 27.2 Å². The molecule has 0 radical (unpaired) electrons. The summed E-state index contributed by atoms with van der Waals surface area (Å²) >= 11 is 0. The molecule has 0 amide bonds. The zero-order valence-electron chi connectivity index (χ0n) is 7.75. The first-order chi connectivity index (χ1) is 5.19. The van der Waals surface area contributed by atoms with Crippen LogP contribution in [-0.2, 0) is 9.30 Å². The molecule has 68 valence electrons. The third-order valence-electron chi connectivity index (χ3n) is 1.13. The van der Waals surface area contributed by atoms with Gasteiger partial charge in [0.05, 0.1) is 0 Å². The van der Waals surface area contributed by atoms with E-state index >= 15 is 0 Å². The van der Waals surface area contributed by atoms with E-state index in [2.05, 4.69) is 5.92 Å². The number of hydrogen-bond donors (Lipinski definition) is 0. The van der Waals surface area contributed by atoms with E-state index in [9.17, 15) is 9.36 Å². The summed E-state index contributed by atoms with van der Waals surface area (Å²) in [5.41, 5.74) is -1.69. The number of carbonyl (C=O) groups excluding carboxylic acids is 1. The minimum atomic E-state index is -2.82. The van der Waals surface area contributed by atoms with Crippen molar-refractivity contribution in [3.8, 4) is 12.3 Å². The molecule has 0 aromatic carbocycles. The molecule has 12 heavy (non-hydrogen) atoms. The molecule has 0 bridgehead atoms. The van der Waals surface area contributed by atoms with Crippen molar-refractivity contribution < 1.29 is 14.1 Å². The Bertz CT molecular complexity index is 267. The van der Waals surface area contributed by atoms with E-state index in [1.165, 1.54) is 13.3 Å². The normalized spacial score (nSPS) is 11.9. The lowest BCUT2D eigenvalue weighted by Gasteiger charge is -2.19. The van der Waals surface area contributed by atoms with Gasteiger partial charge in [0.1, 0.15) is 0 Å². The molecule has 0 rings (SSSR count). The zero-order valence-corrected chi connectivity index (χ0v) is 8.64. The summed E-state index contributed by atoms with van der Waals surface area (Å²) in [6.45, 7) is 5.84. The van der Waals surface area contributed by atoms with Crippen LogP contribution in [0.4, 0.5) is 4.79 Å². The van der Waals surface area contributed by atoms with Crippen LogP contribution < -0.4 is 0 Å². The lowest BCUT2D eigenvalue weighted by molar-refractivity contribution is 0.0996. The molecule has 0 fully saturated rings. The minimum absolute atomic E-state index is 0.717. The summed E-state index contributed by atoms with van der Waals surface area (Å²) in [4.78, 5) is 11.1. The van der Waals surface area contributed by atoms with E-state index in [1.54, 1.807) is 13.8 Å². The Morgan fingerprint density at radius 2 is 1.92 bits per heavy atom. The summed E-state index contributed by atoms with van der Waals surface area (Å²) in [6.07, 6.45) is 5.08. The van der Waals surface area contributed by atoms with Gasteiger partial charge in [-0.25, -0.2) is 4.79 Å². The Labute approximate surface area is 72.9 Å². The van der Waals surface area contributed by atoms with E-state index in [0.29, 0.717) is 0 Å². The van der Waals surface area contributed by atoms with Crippen LogP contribution in [0.2, 0.25) is 0 Å². The van der Waals surface area contributed by atoms with Crippen LogP contribution in [0.25, 0.3) is 0 Å². The van der Waals surface area contributed by atoms with Crippen molar-refractivity contribution in [1.29, 1.82) is 0 Å². The Kier molecular flexibility index (Phi) is 3.12. The van der Waals surface area contributed by atoms with Gasteiger partial charge >= 0.3 is 5.71 Å². The summed E-state index contributed by atoms with van der Waals surface area (Å²) in [5, 5.41) is 0. The van der Waals surface area contributed by atoms with Crippen molar-refractivity contribution in [3.05, 3.63) is 0 Å². The molecule has 0 saturated carbocycles. The molecule has 0 aromatic heterocycles. The van der Waals surface area contributed by atoms with Crippen LogP contribution in [0.5, 0.6) is 0 Å². The van der Waals surface area contributed by atoms with Crippen LogP contribution in [0.15, 0.2) is 0 Å². The number of ether oxygens (including phenoxy) is 1. The SMILES string of the molecule is C#CC(C)(C)OC(=O)P(C)(C)=O. The largest absolute Gasteiger partial charge is 0.441 e. The molecular weight excluding hydrogens is 175 g/mol. The fourth-order valence-electron chi connectivity index (χ4n) is 0.358. The van der Waals surface area contributed by atoms with Gasteiger partial charge in [-0.3, -0.25) is 0 Å². The molecule has 0 spiro atoms. The smallest absolute Gasteiger partial charge is 0.365 e. The second-order valence-electron chi connectivity index (χ2n) is 3.37. The first kappa shape index (κ1) is 11.3. The van der Waals surface area contributed by atoms with Crippen LogP contribution >= 0.6 is 7.14 Å². The number of hydrogen-bond acceptors (Lipinski definition) is 3. The zero-order chi connectivity index (χ0) is 9.99. The predicted octanol–water partition coefficient (Wildman–Crippen LogP) is 2.16. The predicted molar refractivity (Wildman–Crippen MR) is 48.8 cm³/mol. The molecular formula is C8H13O3P. The highest BCUT2D eigenvalue weighted by Crippen LogP contribution is 2.39. The molecule has 0 atom stereocenters. The summed E-state index contributed by atoms with van der Waals surface area (Å²) < 4.78 is 16.0. The van der Waals surface area contributed by atoms with Gasteiger partial charge in [-0.2, -0.15) is 0 Å². The monoisotopic (exact) mass is 188 g/mol. The fourth-order valence-corrected chi connectivity index (χ4v) is 0.806. The van der Waals surface area contributed by atoms with Crippen molar-refractivity contribution in [2.75, 3.05) is 13.3 Å². The summed E-state index contributed by atoms with van der Waals surface area (Å²) in [6, 6.07) is 0. The number of terminal acetylenes is 1. The molecule has 0 aliphatic carbocycles. The molecule has 0 aliphatic rings. The maximum atomic E-state index is 11.2. The second-order valence-corrected chi connectivity index (χ2v) is 6.44. The standard InChI is InChI=1S/C8H13O3P/c1-6-8(2,3)11-7(9)12(4,5)10/h1H,2-5H3. The molecule has 0 aromatic rings. The van der Waals surface area contributed by atoms with Crippen LogP contribution in [0.3, 0.4) is 0 Å². The molecule has 3 nitrogen and oxygen atoms in total. The molecule has 4 heteroatoms. The van der Waals surface area contributed by atoms with Gasteiger partial charge < -0.3 is 9.30 Å². The first-order valence-electron chi connectivity index (χ1n) is 3.45. The van der Waals surface area contributed by atoms with E-state index in [-0.39, 0.29) is 0 Å². The van der Waals surface area contributed by atoms with Crippen LogP contribution in [0, 0.1) is 12.3 Å². The molecule has 0 N–H and O–H groups in total. The van der Waals surface area contributed by atoms with Gasteiger partial charge in [-0.1, -0.05) is 5.92 Å². The van der Waals surface area contributed by atoms with Crippen LogP contribution in [0.1, 0.15) is 13.8 Å². The Morgan fingerprint density at radius 3 is 2.17 bits per heavy atom. The maximum absolute atomic E-state index is 11.2. The van der Waals surface area contributed by atoms with Crippen molar-refractivity contribution in [3.63, 3.8) is 0 Å². The highest BCUT2D eigenvalue weighted by Gasteiger charge is 2.27. The van der Waals surface area contributed by atoms with Gasteiger partial charge in [0.25, 0.3) is 0 Å². The summed E-state index contributed by atoms with van der Waals surface area (Å²) in [5.74, 6) is 2.28. The second kappa shape index (κ2) is 3.33. The third kappa shape index (κ3) is 3.59. The average Bonchev–Trinajstić information content (AvgIpc) is 1.85. The quantitative estimate of drug-likeness (QED) is 0.492. The van der Waals surface area contributed by atoms with E-state index in [1.807, 2.05) is 0 Å². The van der Waals surface area contributed by atoms with Crippen molar-refractivity contribution >= 4 is 12.9 Å². The van der Waals surface area contributed by atoms with Crippen molar-refractivity contribution in [2.24, 2.45) is 0 Å². The lowest BCUT2D eigenvalue weighted by atomic mass is 10.2. The van der Waals surface area contributed by atoms with Gasteiger partial charge in [0.15, 0.2) is 12.7 Å². The van der Waals surface area contributed by atoms with E-state index in [4.69, 9.17) is 11.2 Å².